The molecular formula is C20H29N3O3. The maximum absolute atomic E-state index is 12.0. The third-order valence-electron chi connectivity index (χ3n) is 5.08. The SMILES string of the molecule is CC(c1ccccc1)N(C(=O)O)C(C)(C)CCC(C)(O)c1cnn(C)c1. The Balaban J connectivity index is 2.18. The number of carbonyl (C=O) groups is 1. The van der Waals surface area contributed by atoms with Crippen molar-refractivity contribution in [3.8, 4) is 0 Å². The third-order valence-corrected chi connectivity index (χ3v) is 5.08. The van der Waals surface area contributed by atoms with Crippen LogP contribution in [0.15, 0.2) is 42.7 Å². The van der Waals surface area contributed by atoms with E-state index in [1.54, 1.807) is 31.0 Å². The predicted molar refractivity (Wildman–Crippen MR) is 101 cm³/mol. The number of rotatable bonds is 7. The van der Waals surface area contributed by atoms with Crippen molar-refractivity contribution < 1.29 is 15.0 Å². The Morgan fingerprint density at radius 3 is 2.35 bits per heavy atom. The molecule has 2 N–H and O–H groups in total. The summed E-state index contributed by atoms with van der Waals surface area (Å²) >= 11 is 0. The number of nitrogens with zero attached hydrogens (tertiary/aromatic N) is 3. The van der Waals surface area contributed by atoms with Crippen molar-refractivity contribution in [3.05, 3.63) is 53.9 Å². The summed E-state index contributed by atoms with van der Waals surface area (Å²) in [4.78, 5) is 13.5. The third kappa shape index (κ3) is 4.43. The zero-order valence-corrected chi connectivity index (χ0v) is 16.2. The molecule has 1 amide bonds. The molecule has 26 heavy (non-hydrogen) atoms. The van der Waals surface area contributed by atoms with Crippen LogP contribution in [0.5, 0.6) is 0 Å². The lowest BCUT2D eigenvalue weighted by Gasteiger charge is -2.42. The van der Waals surface area contributed by atoms with E-state index in [4.69, 9.17) is 0 Å². The number of benzene rings is 1. The van der Waals surface area contributed by atoms with Crippen molar-refractivity contribution >= 4 is 6.09 Å². The van der Waals surface area contributed by atoms with Gasteiger partial charge in [0, 0.05) is 24.3 Å². The van der Waals surface area contributed by atoms with Gasteiger partial charge in [-0.05, 0) is 46.1 Å². The first kappa shape index (κ1) is 20.0. The van der Waals surface area contributed by atoms with E-state index in [2.05, 4.69) is 5.10 Å². The van der Waals surface area contributed by atoms with Gasteiger partial charge in [0.1, 0.15) is 0 Å². The lowest BCUT2D eigenvalue weighted by Crippen LogP contribution is -2.49. The van der Waals surface area contributed by atoms with Crippen LogP contribution in [-0.2, 0) is 12.6 Å². The van der Waals surface area contributed by atoms with Crippen LogP contribution in [0.1, 0.15) is 57.7 Å². The van der Waals surface area contributed by atoms with Crippen molar-refractivity contribution in [1.82, 2.24) is 14.7 Å². The highest BCUT2D eigenvalue weighted by Gasteiger charge is 2.37. The highest BCUT2D eigenvalue weighted by atomic mass is 16.4. The van der Waals surface area contributed by atoms with E-state index < -0.39 is 17.2 Å². The molecule has 6 nitrogen and oxygen atoms in total. The van der Waals surface area contributed by atoms with Crippen LogP contribution in [0, 0.1) is 0 Å². The van der Waals surface area contributed by atoms with Gasteiger partial charge in [0.15, 0.2) is 0 Å². The number of aromatic nitrogens is 2. The van der Waals surface area contributed by atoms with Gasteiger partial charge in [-0.25, -0.2) is 4.79 Å². The minimum absolute atomic E-state index is 0.285. The lowest BCUT2D eigenvalue weighted by molar-refractivity contribution is 0.0129. The molecule has 2 atom stereocenters. The molecule has 0 bridgehead atoms. The quantitative estimate of drug-likeness (QED) is 0.785. The second-order valence-electron chi connectivity index (χ2n) is 7.73. The topological polar surface area (TPSA) is 78.6 Å². The normalized spacial score (nSPS) is 15.3. The second kappa shape index (κ2) is 7.50. The Morgan fingerprint density at radius 1 is 1.23 bits per heavy atom. The fourth-order valence-corrected chi connectivity index (χ4v) is 3.34. The van der Waals surface area contributed by atoms with Gasteiger partial charge in [0.05, 0.1) is 17.8 Å². The molecule has 0 fully saturated rings. The van der Waals surface area contributed by atoms with E-state index in [0.29, 0.717) is 12.8 Å². The summed E-state index contributed by atoms with van der Waals surface area (Å²) in [6, 6.07) is 9.31. The number of amides is 1. The zero-order valence-electron chi connectivity index (χ0n) is 16.2. The van der Waals surface area contributed by atoms with Crippen LogP contribution < -0.4 is 0 Å². The summed E-state index contributed by atoms with van der Waals surface area (Å²) in [5.74, 6) is 0. The number of aliphatic hydroxyl groups is 1. The van der Waals surface area contributed by atoms with Crippen LogP contribution in [0.4, 0.5) is 4.79 Å². The monoisotopic (exact) mass is 359 g/mol. The fourth-order valence-electron chi connectivity index (χ4n) is 3.34. The van der Waals surface area contributed by atoms with Gasteiger partial charge in [-0.3, -0.25) is 9.58 Å². The van der Waals surface area contributed by atoms with Gasteiger partial charge in [-0.1, -0.05) is 30.3 Å². The standard InChI is InChI=1S/C20H29N3O3/c1-15(16-9-7-6-8-10-16)23(18(24)25)19(2,3)11-12-20(4,26)17-13-21-22(5)14-17/h6-10,13-15,26H,11-12H2,1-5H3,(H,24,25). The second-order valence-corrected chi connectivity index (χ2v) is 7.73. The number of hydrogen-bond acceptors (Lipinski definition) is 3. The minimum atomic E-state index is -1.06. The van der Waals surface area contributed by atoms with Gasteiger partial charge >= 0.3 is 6.09 Å². The Kier molecular flexibility index (Phi) is 5.76. The summed E-state index contributed by atoms with van der Waals surface area (Å²) in [7, 11) is 1.80. The molecule has 2 rings (SSSR count). The van der Waals surface area contributed by atoms with Crippen molar-refractivity contribution in [3.63, 3.8) is 0 Å². The van der Waals surface area contributed by atoms with Gasteiger partial charge in [0.2, 0.25) is 0 Å². The predicted octanol–water partition coefficient (Wildman–Crippen LogP) is 3.93. The Bertz CT molecular complexity index is 738. The average Bonchev–Trinajstić information content (AvgIpc) is 3.01. The highest BCUT2D eigenvalue weighted by Crippen LogP contribution is 2.35. The summed E-state index contributed by atoms with van der Waals surface area (Å²) in [6.45, 7) is 7.44. The van der Waals surface area contributed by atoms with E-state index in [0.717, 1.165) is 11.1 Å². The maximum atomic E-state index is 12.0. The zero-order chi connectivity index (χ0) is 19.5. The molecule has 142 valence electrons. The Morgan fingerprint density at radius 2 is 1.85 bits per heavy atom. The van der Waals surface area contributed by atoms with Crippen molar-refractivity contribution in [2.75, 3.05) is 0 Å². The molecule has 1 aromatic heterocycles. The average molecular weight is 359 g/mol. The van der Waals surface area contributed by atoms with Gasteiger partial charge in [-0.15, -0.1) is 0 Å². The summed E-state index contributed by atoms with van der Waals surface area (Å²) in [5.41, 5.74) is -0.0327. The van der Waals surface area contributed by atoms with Crippen LogP contribution in [0.3, 0.4) is 0 Å². The molecule has 2 aromatic rings. The molecule has 1 heterocycles. The van der Waals surface area contributed by atoms with Crippen molar-refractivity contribution in [2.24, 2.45) is 7.05 Å². The number of aryl methyl sites for hydroxylation is 1. The van der Waals surface area contributed by atoms with Gasteiger partial charge < -0.3 is 10.2 Å². The molecule has 0 spiro atoms. The van der Waals surface area contributed by atoms with Gasteiger partial charge in [0.25, 0.3) is 0 Å². The first-order chi connectivity index (χ1) is 12.0. The van der Waals surface area contributed by atoms with E-state index in [-0.39, 0.29) is 6.04 Å². The van der Waals surface area contributed by atoms with Crippen LogP contribution in [0.25, 0.3) is 0 Å². The molecule has 0 saturated carbocycles. The van der Waals surface area contributed by atoms with Crippen molar-refractivity contribution in [2.45, 2.75) is 57.7 Å². The Labute approximate surface area is 155 Å². The molecule has 1 aromatic carbocycles. The number of carboxylic acid groups (broad SMARTS) is 1. The fraction of sp³-hybridized carbons (Fsp3) is 0.500. The largest absolute Gasteiger partial charge is 0.465 e. The summed E-state index contributed by atoms with van der Waals surface area (Å²) in [6.07, 6.45) is 3.41. The van der Waals surface area contributed by atoms with E-state index in [1.807, 2.05) is 51.1 Å². The first-order valence-corrected chi connectivity index (χ1v) is 8.83. The molecule has 0 aliphatic heterocycles. The number of hydrogen-bond donors (Lipinski definition) is 2. The summed E-state index contributed by atoms with van der Waals surface area (Å²) < 4.78 is 1.65. The molecule has 6 heteroatoms. The maximum Gasteiger partial charge on any atom is 0.408 e. The molecule has 0 saturated heterocycles. The van der Waals surface area contributed by atoms with Crippen LogP contribution >= 0.6 is 0 Å². The van der Waals surface area contributed by atoms with E-state index >= 15 is 0 Å². The van der Waals surface area contributed by atoms with E-state index in [9.17, 15) is 15.0 Å². The van der Waals surface area contributed by atoms with Gasteiger partial charge in [-0.2, -0.15) is 5.10 Å². The highest BCUT2D eigenvalue weighted by molar-refractivity contribution is 5.67. The minimum Gasteiger partial charge on any atom is -0.465 e. The lowest BCUT2D eigenvalue weighted by atomic mass is 9.85. The Hall–Kier alpha value is -2.34. The van der Waals surface area contributed by atoms with Crippen LogP contribution in [0.2, 0.25) is 0 Å². The molecule has 0 radical (unpaired) electrons. The molecule has 0 aliphatic rings. The smallest absolute Gasteiger partial charge is 0.408 e. The first-order valence-electron chi connectivity index (χ1n) is 8.83. The molecule has 0 aliphatic carbocycles. The van der Waals surface area contributed by atoms with Crippen LogP contribution in [-0.4, -0.2) is 36.5 Å². The van der Waals surface area contributed by atoms with Crippen molar-refractivity contribution in [1.29, 1.82) is 0 Å². The summed E-state index contributed by atoms with van der Waals surface area (Å²) in [5, 5.41) is 24.8. The molecular weight excluding hydrogens is 330 g/mol. The van der Waals surface area contributed by atoms with E-state index in [1.165, 1.54) is 4.90 Å². The molecule has 2 unspecified atom stereocenters.